The second-order valence-corrected chi connectivity index (χ2v) is 5.58. The van der Waals surface area contributed by atoms with Crippen LogP contribution >= 0.6 is 11.6 Å². The van der Waals surface area contributed by atoms with Crippen molar-refractivity contribution in [1.29, 1.82) is 0 Å². The minimum absolute atomic E-state index is 0.224. The van der Waals surface area contributed by atoms with Crippen LogP contribution in [0, 0.1) is 0 Å². The van der Waals surface area contributed by atoms with Crippen LogP contribution in [-0.4, -0.2) is 62.1 Å². The van der Waals surface area contributed by atoms with Crippen LogP contribution in [-0.2, 0) is 9.53 Å². The molecule has 0 amide bonds. The molecule has 5 atom stereocenters. The standard InChI is InChI=1S/C14H14ClNO7/c15-5-2-1-3-6-8(5)7(4-16-6)22-14-11(19)9(17)10(18)12(23-14)13(20)21/h1-4,9-12,14,16-19H,(H,20,21)/t9-,10-,11+,12-,14?/m0/s1. The monoisotopic (exact) mass is 343 g/mol. The highest BCUT2D eigenvalue weighted by molar-refractivity contribution is 6.36. The van der Waals surface area contributed by atoms with E-state index in [0.717, 1.165) is 0 Å². The van der Waals surface area contributed by atoms with Crippen LogP contribution < -0.4 is 4.74 Å². The molecule has 1 aromatic heterocycles. The van der Waals surface area contributed by atoms with Crippen molar-refractivity contribution in [1.82, 2.24) is 4.98 Å². The second kappa shape index (κ2) is 5.99. The third kappa shape index (κ3) is 2.75. The van der Waals surface area contributed by atoms with Crippen LogP contribution in [0.3, 0.4) is 0 Å². The van der Waals surface area contributed by atoms with Crippen LogP contribution in [0.1, 0.15) is 0 Å². The zero-order chi connectivity index (χ0) is 16.7. The largest absolute Gasteiger partial charge is 0.479 e. The zero-order valence-corrected chi connectivity index (χ0v) is 12.3. The summed E-state index contributed by atoms with van der Waals surface area (Å²) in [5.41, 5.74) is 0.674. The van der Waals surface area contributed by atoms with Crippen molar-refractivity contribution in [2.45, 2.75) is 30.7 Å². The smallest absolute Gasteiger partial charge is 0.335 e. The number of aliphatic hydroxyl groups excluding tert-OH is 3. The molecule has 0 spiro atoms. The zero-order valence-electron chi connectivity index (χ0n) is 11.6. The molecular weight excluding hydrogens is 330 g/mol. The summed E-state index contributed by atoms with van der Waals surface area (Å²) in [6.45, 7) is 0. The molecule has 5 N–H and O–H groups in total. The van der Waals surface area contributed by atoms with Gasteiger partial charge in [0.15, 0.2) is 6.10 Å². The minimum atomic E-state index is -1.77. The SMILES string of the molecule is O=C(O)[C@H]1OC(Oc2c[nH]c3cccc(Cl)c23)[C@H](O)[C@@H](O)[C@@H]1O. The molecule has 2 heterocycles. The molecule has 1 aliphatic rings. The molecule has 0 radical (unpaired) electrons. The maximum Gasteiger partial charge on any atom is 0.335 e. The van der Waals surface area contributed by atoms with E-state index in [0.29, 0.717) is 15.9 Å². The van der Waals surface area contributed by atoms with Gasteiger partial charge in [-0.1, -0.05) is 17.7 Å². The number of hydrogen-bond acceptors (Lipinski definition) is 6. The van der Waals surface area contributed by atoms with Crippen LogP contribution in [0.25, 0.3) is 10.9 Å². The van der Waals surface area contributed by atoms with Crippen molar-refractivity contribution < 1.29 is 34.7 Å². The first-order chi connectivity index (χ1) is 10.9. The third-order valence-electron chi connectivity index (χ3n) is 3.67. The Labute approximate surface area is 134 Å². The predicted octanol–water partition coefficient (Wildman–Crippen LogP) is 0.0923. The van der Waals surface area contributed by atoms with E-state index < -0.39 is 36.7 Å². The summed E-state index contributed by atoms with van der Waals surface area (Å²) >= 11 is 6.10. The van der Waals surface area contributed by atoms with Gasteiger partial charge < -0.3 is 34.9 Å². The Morgan fingerprint density at radius 3 is 2.65 bits per heavy atom. The minimum Gasteiger partial charge on any atom is -0.479 e. The molecule has 3 rings (SSSR count). The molecule has 23 heavy (non-hydrogen) atoms. The molecule has 0 bridgehead atoms. The van der Waals surface area contributed by atoms with Gasteiger partial charge in [0, 0.05) is 6.20 Å². The van der Waals surface area contributed by atoms with Gasteiger partial charge in [-0.15, -0.1) is 0 Å². The van der Waals surface area contributed by atoms with Gasteiger partial charge in [0.25, 0.3) is 0 Å². The first kappa shape index (κ1) is 16.0. The fraction of sp³-hybridized carbons (Fsp3) is 0.357. The molecule has 1 saturated heterocycles. The van der Waals surface area contributed by atoms with Crippen molar-refractivity contribution in [3.63, 3.8) is 0 Å². The quantitative estimate of drug-likeness (QED) is 0.533. The second-order valence-electron chi connectivity index (χ2n) is 5.17. The summed E-state index contributed by atoms with van der Waals surface area (Å²) in [7, 11) is 0. The summed E-state index contributed by atoms with van der Waals surface area (Å²) < 4.78 is 10.5. The van der Waals surface area contributed by atoms with Crippen molar-refractivity contribution in [3.8, 4) is 5.75 Å². The van der Waals surface area contributed by atoms with E-state index >= 15 is 0 Å². The number of carboxylic acids is 1. The number of halogens is 1. The molecule has 2 aromatic rings. The van der Waals surface area contributed by atoms with Crippen LogP contribution in [0.2, 0.25) is 5.02 Å². The number of aromatic amines is 1. The lowest BCUT2D eigenvalue weighted by Crippen LogP contribution is -2.61. The highest BCUT2D eigenvalue weighted by atomic mass is 35.5. The lowest BCUT2D eigenvalue weighted by Gasteiger charge is -2.38. The molecule has 9 heteroatoms. The van der Waals surface area contributed by atoms with E-state index in [1.807, 2.05) is 0 Å². The van der Waals surface area contributed by atoms with E-state index in [9.17, 15) is 20.1 Å². The summed E-state index contributed by atoms with van der Waals surface area (Å²) in [4.78, 5) is 14.0. The highest BCUT2D eigenvalue weighted by Crippen LogP contribution is 2.34. The van der Waals surface area contributed by atoms with Crippen molar-refractivity contribution in [2.24, 2.45) is 0 Å². The number of aliphatic carboxylic acids is 1. The van der Waals surface area contributed by atoms with Gasteiger partial charge in [-0.3, -0.25) is 0 Å². The van der Waals surface area contributed by atoms with Gasteiger partial charge in [0.1, 0.15) is 24.1 Å². The Morgan fingerprint density at radius 1 is 1.22 bits per heavy atom. The highest BCUT2D eigenvalue weighted by Gasteiger charge is 2.48. The van der Waals surface area contributed by atoms with Gasteiger partial charge in [-0.05, 0) is 12.1 Å². The Kier molecular flexibility index (Phi) is 4.17. The number of carboxylic acid groups (broad SMARTS) is 1. The van der Waals surface area contributed by atoms with Gasteiger partial charge >= 0.3 is 5.97 Å². The lowest BCUT2D eigenvalue weighted by atomic mass is 9.99. The average molecular weight is 344 g/mol. The molecule has 1 fully saturated rings. The number of hydrogen-bond donors (Lipinski definition) is 5. The third-order valence-corrected chi connectivity index (χ3v) is 3.99. The van der Waals surface area contributed by atoms with Crippen molar-refractivity contribution in [2.75, 3.05) is 0 Å². The summed E-state index contributed by atoms with van der Waals surface area (Å²) in [6, 6.07) is 5.13. The number of ether oxygens (including phenoxy) is 2. The number of fused-ring (bicyclic) bond motifs is 1. The summed E-state index contributed by atoms with van der Waals surface area (Å²) in [6.07, 6.45) is -6.86. The molecular formula is C14H14ClNO7. The maximum atomic E-state index is 11.1. The Bertz CT molecular complexity index is 733. The average Bonchev–Trinajstić information content (AvgIpc) is 2.92. The fourth-order valence-corrected chi connectivity index (χ4v) is 2.75. The van der Waals surface area contributed by atoms with Crippen LogP contribution in [0.4, 0.5) is 0 Å². The fourth-order valence-electron chi connectivity index (χ4n) is 2.48. The van der Waals surface area contributed by atoms with E-state index in [-0.39, 0.29) is 5.75 Å². The normalized spacial score (nSPS) is 31.2. The molecule has 1 aliphatic heterocycles. The van der Waals surface area contributed by atoms with Gasteiger partial charge in [0.2, 0.25) is 6.29 Å². The van der Waals surface area contributed by atoms with Crippen LogP contribution in [0.15, 0.2) is 24.4 Å². The van der Waals surface area contributed by atoms with Crippen molar-refractivity contribution >= 4 is 28.5 Å². The molecule has 8 nitrogen and oxygen atoms in total. The Balaban J connectivity index is 1.90. The predicted molar refractivity (Wildman–Crippen MR) is 78.3 cm³/mol. The first-order valence-electron chi connectivity index (χ1n) is 6.75. The van der Waals surface area contributed by atoms with Crippen LogP contribution in [0.5, 0.6) is 5.75 Å². The van der Waals surface area contributed by atoms with Gasteiger partial charge in [-0.25, -0.2) is 4.79 Å². The van der Waals surface area contributed by atoms with Gasteiger partial charge in [-0.2, -0.15) is 0 Å². The van der Waals surface area contributed by atoms with Gasteiger partial charge in [0.05, 0.1) is 15.9 Å². The first-order valence-corrected chi connectivity index (χ1v) is 7.12. The number of carbonyl (C=O) groups is 1. The summed E-state index contributed by atoms with van der Waals surface area (Å²) in [5, 5.41) is 39.3. The van der Waals surface area contributed by atoms with Crippen molar-refractivity contribution in [3.05, 3.63) is 29.4 Å². The molecule has 1 aromatic carbocycles. The number of aliphatic hydroxyl groups is 3. The summed E-state index contributed by atoms with van der Waals surface area (Å²) in [5.74, 6) is -1.25. The number of benzene rings is 1. The van der Waals surface area contributed by atoms with E-state index in [1.54, 1.807) is 18.2 Å². The lowest BCUT2D eigenvalue weighted by molar-refractivity contribution is -0.270. The number of rotatable bonds is 3. The number of H-pyrrole nitrogens is 1. The Morgan fingerprint density at radius 2 is 1.96 bits per heavy atom. The molecule has 124 valence electrons. The topological polar surface area (TPSA) is 132 Å². The van der Waals surface area contributed by atoms with E-state index in [4.69, 9.17) is 26.2 Å². The molecule has 0 aliphatic carbocycles. The maximum absolute atomic E-state index is 11.1. The van der Waals surface area contributed by atoms with E-state index in [2.05, 4.69) is 4.98 Å². The number of nitrogens with one attached hydrogen (secondary N) is 1. The Hall–Kier alpha value is -1.84. The molecule has 0 saturated carbocycles. The number of aromatic nitrogens is 1. The molecule has 1 unspecified atom stereocenters. The van der Waals surface area contributed by atoms with E-state index in [1.165, 1.54) is 6.20 Å².